The number of aliphatic hydroxyl groups excluding tert-OH is 1. The number of hydrogen-bond donors (Lipinski definition) is 2. The first-order chi connectivity index (χ1) is 9.27. The molecule has 8 heteroatoms. The topological polar surface area (TPSA) is 92.5 Å². The highest BCUT2D eigenvalue weighted by Crippen LogP contribution is 2.21. The van der Waals surface area contributed by atoms with E-state index in [2.05, 4.69) is 5.32 Å². The van der Waals surface area contributed by atoms with Gasteiger partial charge in [-0.3, -0.25) is 14.9 Å². The van der Waals surface area contributed by atoms with Crippen LogP contribution in [0.4, 0.5) is 14.5 Å². The van der Waals surface area contributed by atoms with E-state index < -0.39 is 39.8 Å². The van der Waals surface area contributed by atoms with Gasteiger partial charge < -0.3 is 10.4 Å². The summed E-state index contributed by atoms with van der Waals surface area (Å²) in [6.07, 6.45) is 0. The molecule has 0 heterocycles. The summed E-state index contributed by atoms with van der Waals surface area (Å²) in [5.74, 6) is -3.64. The Hall–Kier alpha value is -2.09. The van der Waals surface area contributed by atoms with E-state index >= 15 is 0 Å². The Morgan fingerprint density at radius 3 is 2.50 bits per heavy atom. The molecule has 0 bridgehead atoms. The lowest BCUT2D eigenvalue weighted by Gasteiger charge is -2.19. The Balaban J connectivity index is 3.00. The Kier molecular flexibility index (Phi) is 5.09. The average molecular weight is 288 g/mol. The van der Waals surface area contributed by atoms with Gasteiger partial charge in [-0.05, 0) is 18.9 Å². The van der Waals surface area contributed by atoms with Crippen LogP contribution in [0.15, 0.2) is 12.1 Å². The first-order valence-corrected chi connectivity index (χ1v) is 5.83. The minimum atomic E-state index is -1.29. The fourth-order valence-corrected chi connectivity index (χ4v) is 1.44. The smallest absolute Gasteiger partial charge is 0.307 e. The van der Waals surface area contributed by atoms with E-state index in [4.69, 9.17) is 5.11 Å². The third-order valence-corrected chi connectivity index (χ3v) is 2.98. The monoisotopic (exact) mass is 288 g/mol. The van der Waals surface area contributed by atoms with Crippen LogP contribution in [-0.2, 0) is 0 Å². The lowest BCUT2D eigenvalue weighted by molar-refractivity contribution is -0.387. The van der Waals surface area contributed by atoms with Crippen LogP contribution in [0.5, 0.6) is 0 Å². The summed E-state index contributed by atoms with van der Waals surface area (Å²) in [5.41, 5.74) is -1.65. The van der Waals surface area contributed by atoms with Crippen molar-refractivity contribution in [2.75, 3.05) is 6.61 Å². The number of nitrogens with zero attached hydrogens (tertiary/aromatic N) is 1. The van der Waals surface area contributed by atoms with Crippen molar-refractivity contribution in [2.24, 2.45) is 5.92 Å². The Morgan fingerprint density at radius 2 is 2.00 bits per heavy atom. The second kappa shape index (κ2) is 6.38. The van der Waals surface area contributed by atoms with Crippen molar-refractivity contribution in [2.45, 2.75) is 19.9 Å². The van der Waals surface area contributed by atoms with E-state index in [1.807, 2.05) is 0 Å². The highest BCUT2D eigenvalue weighted by Gasteiger charge is 2.23. The maximum absolute atomic E-state index is 13.6. The summed E-state index contributed by atoms with van der Waals surface area (Å²) >= 11 is 0. The van der Waals surface area contributed by atoms with Gasteiger partial charge in [0, 0.05) is 12.6 Å². The minimum Gasteiger partial charge on any atom is -0.396 e. The molecule has 0 aliphatic heterocycles. The summed E-state index contributed by atoms with van der Waals surface area (Å²) in [6.45, 7) is 3.08. The molecule has 6 nitrogen and oxygen atoms in total. The van der Waals surface area contributed by atoms with Crippen LogP contribution in [0, 0.1) is 27.7 Å². The maximum Gasteiger partial charge on any atom is 0.307 e. The molecule has 0 aliphatic rings. The summed E-state index contributed by atoms with van der Waals surface area (Å²) in [5, 5.41) is 21.7. The molecule has 0 saturated carbocycles. The second-order valence-electron chi connectivity index (χ2n) is 4.46. The zero-order chi connectivity index (χ0) is 15.4. The van der Waals surface area contributed by atoms with Gasteiger partial charge in [-0.25, -0.2) is 4.39 Å². The first-order valence-electron chi connectivity index (χ1n) is 5.83. The number of hydrogen-bond acceptors (Lipinski definition) is 4. The normalized spacial score (nSPS) is 13.7. The number of halogens is 2. The highest BCUT2D eigenvalue weighted by molar-refractivity contribution is 5.95. The Bertz CT molecular complexity index is 536. The fraction of sp³-hybridized carbons (Fsp3) is 0.417. The lowest BCUT2D eigenvalue weighted by atomic mass is 10.0. The van der Waals surface area contributed by atoms with Gasteiger partial charge in [0.05, 0.1) is 16.6 Å². The van der Waals surface area contributed by atoms with Crippen LogP contribution in [-0.4, -0.2) is 28.6 Å². The van der Waals surface area contributed by atoms with E-state index in [1.54, 1.807) is 13.8 Å². The number of carbonyl (C=O) groups is 1. The summed E-state index contributed by atoms with van der Waals surface area (Å²) in [6, 6.07) is 0.383. The zero-order valence-corrected chi connectivity index (χ0v) is 10.9. The van der Waals surface area contributed by atoms with Gasteiger partial charge in [0.2, 0.25) is 5.82 Å². The standard InChI is InChI=1S/C12H14F2N2O4/c1-6(5-17)7(2)15-12(18)8-3-10(14)11(16(19)20)4-9(8)13/h3-4,6-7,17H,5H2,1-2H3,(H,15,18). The predicted octanol–water partition coefficient (Wildman–Crippen LogP) is 1.62. The molecule has 0 spiro atoms. The molecule has 0 radical (unpaired) electrons. The second-order valence-corrected chi connectivity index (χ2v) is 4.46. The summed E-state index contributed by atoms with van der Waals surface area (Å²) < 4.78 is 27.0. The van der Waals surface area contributed by atoms with Gasteiger partial charge >= 0.3 is 5.69 Å². The molecule has 0 aromatic heterocycles. The summed E-state index contributed by atoms with van der Waals surface area (Å²) in [7, 11) is 0. The van der Waals surface area contributed by atoms with Crippen molar-refractivity contribution in [1.29, 1.82) is 0 Å². The van der Waals surface area contributed by atoms with Crippen LogP contribution in [0.2, 0.25) is 0 Å². The van der Waals surface area contributed by atoms with Crippen molar-refractivity contribution < 1.29 is 23.6 Å². The minimum absolute atomic E-state index is 0.182. The fourth-order valence-electron chi connectivity index (χ4n) is 1.44. The molecule has 0 aliphatic carbocycles. The average Bonchev–Trinajstić information content (AvgIpc) is 2.39. The van der Waals surface area contributed by atoms with Crippen molar-refractivity contribution in [3.63, 3.8) is 0 Å². The molecule has 110 valence electrons. The number of benzene rings is 1. The van der Waals surface area contributed by atoms with E-state index in [0.29, 0.717) is 12.1 Å². The van der Waals surface area contributed by atoms with Crippen LogP contribution < -0.4 is 5.32 Å². The maximum atomic E-state index is 13.6. The number of aliphatic hydroxyl groups is 1. The van der Waals surface area contributed by atoms with E-state index in [9.17, 15) is 23.7 Å². The van der Waals surface area contributed by atoms with Gasteiger partial charge in [-0.2, -0.15) is 4.39 Å². The predicted molar refractivity (Wildman–Crippen MR) is 66.2 cm³/mol. The van der Waals surface area contributed by atoms with Gasteiger partial charge in [0.1, 0.15) is 5.82 Å². The number of nitrogens with one attached hydrogen (secondary N) is 1. The molecule has 2 atom stereocenters. The lowest BCUT2D eigenvalue weighted by Crippen LogP contribution is -2.38. The van der Waals surface area contributed by atoms with Gasteiger partial charge in [-0.15, -0.1) is 0 Å². The molecular weight excluding hydrogens is 274 g/mol. The molecule has 2 N–H and O–H groups in total. The molecule has 20 heavy (non-hydrogen) atoms. The van der Waals surface area contributed by atoms with Gasteiger partial charge in [0.15, 0.2) is 0 Å². The molecule has 0 fully saturated rings. The van der Waals surface area contributed by atoms with Crippen LogP contribution in [0.25, 0.3) is 0 Å². The summed E-state index contributed by atoms with van der Waals surface area (Å²) in [4.78, 5) is 21.1. The molecule has 1 amide bonds. The van der Waals surface area contributed by atoms with E-state index in [-0.39, 0.29) is 12.5 Å². The third kappa shape index (κ3) is 3.47. The number of carbonyl (C=O) groups excluding carboxylic acids is 1. The first kappa shape index (κ1) is 16.0. The van der Waals surface area contributed by atoms with Crippen molar-refractivity contribution >= 4 is 11.6 Å². The molecule has 1 aromatic rings. The zero-order valence-electron chi connectivity index (χ0n) is 10.9. The largest absolute Gasteiger partial charge is 0.396 e. The SMILES string of the molecule is CC(CO)C(C)NC(=O)c1cc(F)c([N+](=O)[O-])cc1F. The van der Waals surface area contributed by atoms with Crippen LogP contribution in [0.3, 0.4) is 0 Å². The molecule has 0 saturated heterocycles. The van der Waals surface area contributed by atoms with Gasteiger partial charge in [0.25, 0.3) is 5.91 Å². The Labute approximate surface area is 113 Å². The van der Waals surface area contributed by atoms with Crippen molar-refractivity contribution in [1.82, 2.24) is 5.32 Å². The van der Waals surface area contributed by atoms with Crippen LogP contribution in [0.1, 0.15) is 24.2 Å². The quantitative estimate of drug-likeness (QED) is 0.636. The number of nitro groups is 1. The van der Waals surface area contributed by atoms with Gasteiger partial charge in [-0.1, -0.05) is 6.92 Å². The molecule has 2 unspecified atom stereocenters. The Morgan fingerprint density at radius 1 is 1.40 bits per heavy atom. The van der Waals surface area contributed by atoms with Crippen molar-refractivity contribution in [3.05, 3.63) is 39.4 Å². The van der Waals surface area contributed by atoms with E-state index in [0.717, 1.165) is 0 Å². The molecule has 1 rings (SSSR count). The van der Waals surface area contributed by atoms with Crippen molar-refractivity contribution in [3.8, 4) is 0 Å². The molecule has 1 aromatic carbocycles. The molecular formula is C12H14F2N2O4. The van der Waals surface area contributed by atoms with E-state index in [1.165, 1.54) is 0 Å². The number of amides is 1. The van der Waals surface area contributed by atoms with Crippen LogP contribution >= 0.6 is 0 Å². The third-order valence-electron chi connectivity index (χ3n) is 2.98. The highest BCUT2D eigenvalue weighted by atomic mass is 19.1. The number of nitro benzene ring substituents is 1. The number of rotatable bonds is 5.